The minimum atomic E-state index is -4.72. The summed E-state index contributed by atoms with van der Waals surface area (Å²) in [6, 6.07) is 5.54. The Balaban J connectivity index is 2.07. The zero-order chi connectivity index (χ0) is 17.9. The van der Waals surface area contributed by atoms with Gasteiger partial charge in [-0.25, -0.2) is 5.01 Å². The second-order valence-electron chi connectivity index (χ2n) is 4.79. The number of alkyl halides is 3. The number of rotatable bonds is 3. The molecule has 2 N–H and O–H groups in total. The van der Waals surface area contributed by atoms with Gasteiger partial charge in [0.05, 0.1) is 0 Å². The predicted molar refractivity (Wildman–Crippen MR) is 75.2 cm³/mol. The Kier molecular flexibility index (Phi) is 4.83. The van der Waals surface area contributed by atoms with Crippen molar-refractivity contribution in [1.29, 1.82) is 0 Å². The molecule has 2 aromatic rings. The van der Waals surface area contributed by atoms with Crippen LogP contribution in [0.15, 0.2) is 28.8 Å². The predicted octanol–water partition coefficient (Wildman–Crippen LogP) is 1.29. The molecule has 0 aliphatic heterocycles. The lowest BCUT2D eigenvalue weighted by molar-refractivity contribution is -0.159. The molecule has 11 heteroatoms. The Morgan fingerprint density at radius 2 is 1.75 bits per heavy atom. The van der Waals surface area contributed by atoms with Gasteiger partial charge in [0.15, 0.2) is 0 Å². The van der Waals surface area contributed by atoms with Gasteiger partial charge in [-0.2, -0.15) is 18.2 Å². The Morgan fingerprint density at radius 1 is 1.12 bits per heavy atom. The van der Waals surface area contributed by atoms with Crippen molar-refractivity contribution in [3.63, 3.8) is 0 Å². The standard InChI is InChI=1S/C13H12F3N5O3/c1-21(2)19-11(23)10(22)17-8-5-3-7(4-6-8)9-18-12(24-20-9)13(14,15)16/h3-6H,1-2H3,(H,17,22)(H,19,23). The zero-order valence-electron chi connectivity index (χ0n) is 12.5. The van der Waals surface area contributed by atoms with E-state index in [0.717, 1.165) is 0 Å². The highest BCUT2D eigenvalue weighted by molar-refractivity contribution is 6.39. The third kappa shape index (κ3) is 4.29. The number of hydrazine groups is 1. The van der Waals surface area contributed by atoms with E-state index in [2.05, 4.69) is 25.4 Å². The summed E-state index contributed by atoms with van der Waals surface area (Å²) >= 11 is 0. The largest absolute Gasteiger partial charge is 0.471 e. The molecule has 0 radical (unpaired) electrons. The lowest BCUT2D eigenvalue weighted by atomic mass is 10.2. The Hall–Kier alpha value is -2.95. The maximum Gasteiger partial charge on any atom is 0.471 e. The second kappa shape index (κ2) is 6.66. The highest BCUT2D eigenvalue weighted by Gasteiger charge is 2.38. The molecule has 0 aliphatic rings. The van der Waals surface area contributed by atoms with E-state index < -0.39 is 23.9 Å². The van der Waals surface area contributed by atoms with E-state index in [0.29, 0.717) is 0 Å². The number of benzene rings is 1. The third-order valence-corrected chi connectivity index (χ3v) is 2.60. The molecule has 1 aromatic heterocycles. The van der Waals surface area contributed by atoms with Gasteiger partial charge in [0.25, 0.3) is 0 Å². The molecule has 0 bridgehead atoms. The minimum absolute atomic E-state index is 0.245. The van der Waals surface area contributed by atoms with Crippen LogP contribution < -0.4 is 10.7 Å². The van der Waals surface area contributed by atoms with Crippen LogP contribution in [0.5, 0.6) is 0 Å². The molecule has 128 valence electrons. The van der Waals surface area contributed by atoms with E-state index in [1.807, 2.05) is 0 Å². The molecule has 0 spiro atoms. The molecule has 0 saturated heterocycles. The number of aromatic nitrogens is 2. The van der Waals surface area contributed by atoms with Crippen LogP contribution in [0.2, 0.25) is 0 Å². The maximum absolute atomic E-state index is 12.4. The summed E-state index contributed by atoms with van der Waals surface area (Å²) in [4.78, 5) is 26.3. The first-order chi connectivity index (χ1) is 11.2. The normalized spacial score (nSPS) is 11.4. The van der Waals surface area contributed by atoms with Crippen LogP contribution in [-0.4, -0.2) is 41.1 Å². The van der Waals surface area contributed by atoms with Crippen molar-refractivity contribution in [3.05, 3.63) is 30.2 Å². The van der Waals surface area contributed by atoms with Crippen LogP contribution in [0, 0.1) is 0 Å². The molecule has 2 amide bonds. The van der Waals surface area contributed by atoms with E-state index in [4.69, 9.17) is 0 Å². The first-order valence-electron chi connectivity index (χ1n) is 6.47. The molecule has 0 atom stereocenters. The van der Waals surface area contributed by atoms with Crippen molar-refractivity contribution < 1.29 is 27.3 Å². The molecule has 0 saturated carbocycles. The van der Waals surface area contributed by atoms with Crippen LogP contribution in [0.25, 0.3) is 11.4 Å². The van der Waals surface area contributed by atoms with Gasteiger partial charge in [0.1, 0.15) is 0 Å². The Bertz CT molecular complexity index is 740. The van der Waals surface area contributed by atoms with E-state index in [1.165, 1.54) is 29.3 Å². The molecule has 1 aromatic carbocycles. The van der Waals surface area contributed by atoms with Gasteiger partial charge in [0, 0.05) is 25.3 Å². The molecule has 2 rings (SSSR count). The average Bonchev–Trinajstić information content (AvgIpc) is 2.97. The summed E-state index contributed by atoms with van der Waals surface area (Å²) in [7, 11) is 3.08. The molecule has 1 heterocycles. The number of halogens is 3. The number of nitrogens with zero attached hydrogens (tertiary/aromatic N) is 3. The summed E-state index contributed by atoms with van der Waals surface area (Å²) in [5, 5.41) is 6.88. The minimum Gasteiger partial charge on any atom is -0.329 e. The average molecular weight is 343 g/mol. The van der Waals surface area contributed by atoms with Gasteiger partial charge in [-0.15, -0.1) is 0 Å². The smallest absolute Gasteiger partial charge is 0.329 e. The number of carbonyl (C=O) groups is 2. The number of amides is 2. The quantitative estimate of drug-likeness (QED) is 0.643. The first kappa shape index (κ1) is 17.4. The SMILES string of the molecule is CN(C)NC(=O)C(=O)Nc1ccc(-c2noc(C(F)(F)F)n2)cc1. The van der Waals surface area contributed by atoms with Gasteiger partial charge >= 0.3 is 23.9 Å². The topological polar surface area (TPSA) is 100 Å². The van der Waals surface area contributed by atoms with Crippen molar-refractivity contribution in [3.8, 4) is 11.4 Å². The first-order valence-corrected chi connectivity index (χ1v) is 6.47. The summed E-state index contributed by atoms with van der Waals surface area (Å²) in [6.45, 7) is 0. The lowest BCUT2D eigenvalue weighted by Gasteiger charge is -2.11. The van der Waals surface area contributed by atoms with Gasteiger partial charge in [-0.1, -0.05) is 5.16 Å². The number of carbonyl (C=O) groups excluding carboxylic acids is 2. The Labute approximate surface area is 133 Å². The van der Waals surface area contributed by atoms with Gasteiger partial charge in [-0.05, 0) is 24.3 Å². The van der Waals surface area contributed by atoms with Gasteiger partial charge in [0.2, 0.25) is 5.82 Å². The van der Waals surface area contributed by atoms with Crippen molar-refractivity contribution in [2.45, 2.75) is 6.18 Å². The van der Waals surface area contributed by atoms with E-state index >= 15 is 0 Å². The van der Waals surface area contributed by atoms with Crippen molar-refractivity contribution in [2.75, 3.05) is 19.4 Å². The van der Waals surface area contributed by atoms with Crippen LogP contribution in [0.1, 0.15) is 5.89 Å². The number of hydrogen-bond acceptors (Lipinski definition) is 6. The summed E-state index contributed by atoms with van der Waals surface area (Å²) in [5.74, 6) is -3.45. The van der Waals surface area contributed by atoms with Crippen LogP contribution in [0.3, 0.4) is 0 Å². The maximum atomic E-state index is 12.4. The fourth-order valence-corrected chi connectivity index (χ4v) is 1.60. The molecule has 24 heavy (non-hydrogen) atoms. The zero-order valence-corrected chi connectivity index (χ0v) is 12.5. The number of anilines is 1. The van der Waals surface area contributed by atoms with E-state index in [-0.39, 0.29) is 17.1 Å². The molecular weight excluding hydrogens is 331 g/mol. The lowest BCUT2D eigenvalue weighted by Crippen LogP contribution is -2.42. The highest BCUT2D eigenvalue weighted by atomic mass is 19.4. The molecular formula is C13H12F3N5O3. The van der Waals surface area contributed by atoms with Crippen LogP contribution in [0.4, 0.5) is 18.9 Å². The monoisotopic (exact) mass is 343 g/mol. The number of nitrogens with one attached hydrogen (secondary N) is 2. The van der Waals surface area contributed by atoms with E-state index in [9.17, 15) is 22.8 Å². The molecule has 0 unspecified atom stereocenters. The van der Waals surface area contributed by atoms with Crippen molar-refractivity contribution in [2.24, 2.45) is 0 Å². The summed E-state index contributed by atoms with van der Waals surface area (Å²) in [5.41, 5.74) is 2.79. The third-order valence-electron chi connectivity index (χ3n) is 2.60. The molecule has 0 fully saturated rings. The van der Waals surface area contributed by atoms with E-state index in [1.54, 1.807) is 14.1 Å². The van der Waals surface area contributed by atoms with Crippen molar-refractivity contribution >= 4 is 17.5 Å². The van der Waals surface area contributed by atoms with Crippen LogP contribution >= 0.6 is 0 Å². The van der Waals surface area contributed by atoms with Gasteiger partial charge in [-0.3, -0.25) is 15.0 Å². The molecule has 8 nitrogen and oxygen atoms in total. The number of hydrogen-bond donors (Lipinski definition) is 2. The fraction of sp³-hybridized carbons (Fsp3) is 0.231. The fourth-order valence-electron chi connectivity index (χ4n) is 1.60. The molecule has 0 aliphatic carbocycles. The Morgan fingerprint density at radius 3 is 2.25 bits per heavy atom. The second-order valence-corrected chi connectivity index (χ2v) is 4.79. The van der Waals surface area contributed by atoms with Crippen LogP contribution in [-0.2, 0) is 15.8 Å². The summed E-state index contributed by atoms with van der Waals surface area (Å²) < 4.78 is 41.3. The highest BCUT2D eigenvalue weighted by Crippen LogP contribution is 2.29. The van der Waals surface area contributed by atoms with Gasteiger partial charge < -0.3 is 9.84 Å². The van der Waals surface area contributed by atoms with Crippen molar-refractivity contribution in [1.82, 2.24) is 20.6 Å². The summed E-state index contributed by atoms with van der Waals surface area (Å²) in [6.07, 6.45) is -4.72.